The van der Waals surface area contributed by atoms with Gasteiger partial charge in [0, 0.05) is 12.3 Å². The van der Waals surface area contributed by atoms with Crippen LogP contribution in [0.15, 0.2) is 53.9 Å². The molecule has 5 nitrogen and oxygen atoms in total. The van der Waals surface area contributed by atoms with E-state index < -0.39 is 0 Å². The third-order valence-electron chi connectivity index (χ3n) is 3.73. The third kappa shape index (κ3) is 3.97. The molecule has 0 saturated carbocycles. The molecule has 0 bridgehead atoms. The van der Waals surface area contributed by atoms with Gasteiger partial charge in [-0.2, -0.15) is 0 Å². The number of aryl methyl sites for hydroxylation is 1. The monoisotopic (exact) mass is 366 g/mol. The Morgan fingerprint density at radius 2 is 2.04 bits per heavy atom. The molecule has 1 aromatic heterocycles. The van der Waals surface area contributed by atoms with Crippen molar-refractivity contribution in [1.82, 2.24) is 4.98 Å². The number of nitrogens with zero attached hydrogens (tertiary/aromatic N) is 2. The molecule has 1 amide bonds. The third-order valence-corrected chi connectivity index (χ3v) is 4.60. The van der Waals surface area contributed by atoms with Crippen molar-refractivity contribution in [2.24, 2.45) is 0 Å². The van der Waals surface area contributed by atoms with Gasteiger partial charge in [0.15, 0.2) is 11.4 Å². The highest BCUT2D eigenvalue weighted by Crippen LogP contribution is 2.30. The lowest BCUT2D eigenvalue weighted by atomic mass is 10.2. The van der Waals surface area contributed by atoms with Gasteiger partial charge in [-0.05, 0) is 36.8 Å². The molecule has 0 aliphatic rings. The van der Waals surface area contributed by atoms with Crippen LogP contribution < -0.4 is 9.64 Å². The molecule has 2 aromatic carbocycles. The summed E-state index contributed by atoms with van der Waals surface area (Å²) < 4.78 is 5.70. The second kappa shape index (κ2) is 7.93. The van der Waals surface area contributed by atoms with Crippen LogP contribution in [0.3, 0.4) is 0 Å². The highest BCUT2D eigenvalue weighted by atomic mass is 32.1. The van der Waals surface area contributed by atoms with E-state index in [0.29, 0.717) is 22.1 Å². The van der Waals surface area contributed by atoms with Gasteiger partial charge in [0.2, 0.25) is 5.91 Å². The van der Waals surface area contributed by atoms with Crippen molar-refractivity contribution in [3.8, 4) is 5.75 Å². The van der Waals surface area contributed by atoms with Gasteiger partial charge < -0.3 is 4.74 Å². The molecule has 26 heavy (non-hydrogen) atoms. The minimum absolute atomic E-state index is 0.108. The molecular weight excluding hydrogens is 348 g/mol. The van der Waals surface area contributed by atoms with Crippen molar-refractivity contribution in [3.05, 3.63) is 70.7 Å². The average Bonchev–Trinajstić information content (AvgIpc) is 3.08. The number of ether oxygens (including phenoxy) is 1. The molecule has 0 fully saturated rings. The van der Waals surface area contributed by atoms with Crippen LogP contribution in [0.5, 0.6) is 5.75 Å². The number of carbonyl (C=O) groups is 2. The number of aromatic nitrogens is 1. The number of anilines is 2. The number of carbonyl (C=O) groups excluding carboxylic acids is 2. The van der Waals surface area contributed by atoms with Gasteiger partial charge >= 0.3 is 0 Å². The van der Waals surface area contributed by atoms with Crippen molar-refractivity contribution in [3.63, 3.8) is 0 Å². The van der Waals surface area contributed by atoms with Crippen LogP contribution in [-0.2, 0) is 11.4 Å². The molecule has 0 atom stereocenters. The maximum Gasteiger partial charge on any atom is 0.230 e. The van der Waals surface area contributed by atoms with E-state index in [1.807, 2.05) is 42.6 Å². The Morgan fingerprint density at radius 3 is 2.77 bits per heavy atom. The van der Waals surface area contributed by atoms with Crippen molar-refractivity contribution >= 4 is 34.3 Å². The Balaban J connectivity index is 1.79. The summed E-state index contributed by atoms with van der Waals surface area (Å²) in [4.78, 5) is 29.3. The summed E-state index contributed by atoms with van der Waals surface area (Å²) in [7, 11) is 0. The van der Waals surface area contributed by atoms with Gasteiger partial charge in [0.05, 0.1) is 16.9 Å². The van der Waals surface area contributed by atoms with Crippen LogP contribution in [0.25, 0.3) is 0 Å². The fraction of sp³-hybridized carbons (Fsp3) is 0.150. The summed E-state index contributed by atoms with van der Waals surface area (Å²) in [6.45, 7) is 3.72. The Hall–Kier alpha value is -2.99. The normalized spacial score (nSPS) is 10.4. The number of amides is 1. The van der Waals surface area contributed by atoms with E-state index in [0.717, 1.165) is 17.5 Å². The van der Waals surface area contributed by atoms with Gasteiger partial charge in [0.1, 0.15) is 12.4 Å². The minimum atomic E-state index is -0.108. The van der Waals surface area contributed by atoms with Crippen molar-refractivity contribution < 1.29 is 14.3 Å². The molecule has 0 saturated heterocycles. The zero-order valence-corrected chi connectivity index (χ0v) is 15.3. The first-order valence-electron chi connectivity index (χ1n) is 8.07. The second-order valence-corrected chi connectivity index (χ2v) is 6.60. The lowest BCUT2D eigenvalue weighted by Crippen LogP contribution is -2.22. The summed E-state index contributed by atoms with van der Waals surface area (Å²) in [6.07, 6.45) is 0.761. The first-order valence-corrected chi connectivity index (χ1v) is 8.95. The number of hydrogen-bond donors (Lipinski definition) is 0. The van der Waals surface area contributed by atoms with E-state index in [-0.39, 0.29) is 12.5 Å². The summed E-state index contributed by atoms with van der Waals surface area (Å²) in [5.41, 5.74) is 3.04. The van der Waals surface area contributed by atoms with Crippen LogP contribution >= 0.6 is 11.3 Å². The summed E-state index contributed by atoms with van der Waals surface area (Å²) in [5, 5.41) is 2.44. The highest BCUT2D eigenvalue weighted by molar-refractivity contribution is 7.14. The average molecular weight is 366 g/mol. The molecule has 0 aliphatic heterocycles. The van der Waals surface area contributed by atoms with Gasteiger partial charge in [-0.1, -0.05) is 24.3 Å². The number of rotatable bonds is 6. The summed E-state index contributed by atoms with van der Waals surface area (Å²) >= 11 is 1.38. The molecule has 0 unspecified atom stereocenters. The Morgan fingerprint density at radius 1 is 1.23 bits per heavy atom. The van der Waals surface area contributed by atoms with E-state index in [1.165, 1.54) is 18.3 Å². The molecule has 6 heteroatoms. The summed E-state index contributed by atoms with van der Waals surface area (Å²) in [6, 6.07) is 14.7. The van der Waals surface area contributed by atoms with Crippen LogP contribution in [0, 0.1) is 6.92 Å². The van der Waals surface area contributed by atoms with Crippen LogP contribution in [-0.4, -0.2) is 17.2 Å². The fourth-order valence-corrected chi connectivity index (χ4v) is 3.39. The maximum atomic E-state index is 12.2. The van der Waals surface area contributed by atoms with Gasteiger partial charge in [-0.15, -0.1) is 11.3 Å². The Labute approximate surface area is 155 Å². The quantitative estimate of drug-likeness (QED) is 0.602. The van der Waals surface area contributed by atoms with E-state index in [4.69, 9.17) is 4.74 Å². The standard InChI is InChI=1S/C20H18N2O3S/c1-14-6-5-8-18(10-14)22(15(2)24)20-21-17(13-26-20)12-25-19-9-4-3-7-16(19)11-23/h3-11,13H,12H2,1-2H3. The fourth-order valence-electron chi connectivity index (χ4n) is 2.52. The minimum Gasteiger partial charge on any atom is -0.487 e. The van der Waals surface area contributed by atoms with Crippen molar-refractivity contribution in [1.29, 1.82) is 0 Å². The predicted octanol–water partition coefficient (Wildman–Crippen LogP) is 4.53. The lowest BCUT2D eigenvalue weighted by molar-refractivity contribution is -0.115. The molecule has 3 rings (SSSR count). The van der Waals surface area contributed by atoms with E-state index in [2.05, 4.69) is 4.98 Å². The van der Waals surface area contributed by atoms with Crippen LogP contribution in [0.2, 0.25) is 0 Å². The Bertz CT molecular complexity index is 936. The zero-order chi connectivity index (χ0) is 18.5. The molecule has 0 aliphatic carbocycles. The largest absolute Gasteiger partial charge is 0.487 e. The van der Waals surface area contributed by atoms with Gasteiger partial charge in [-0.25, -0.2) is 4.98 Å². The molecule has 0 spiro atoms. The molecule has 0 radical (unpaired) electrons. The smallest absolute Gasteiger partial charge is 0.230 e. The first kappa shape index (κ1) is 17.8. The zero-order valence-electron chi connectivity index (χ0n) is 14.5. The molecule has 3 aromatic rings. The molecule has 0 N–H and O–H groups in total. The van der Waals surface area contributed by atoms with Gasteiger partial charge in [0.25, 0.3) is 0 Å². The predicted molar refractivity (Wildman–Crippen MR) is 102 cm³/mol. The number of hydrogen-bond acceptors (Lipinski definition) is 5. The number of aldehydes is 1. The van der Waals surface area contributed by atoms with Gasteiger partial charge in [-0.3, -0.25) is 14.5 Å². The summed E-state index contributed by atoms with van der Waals surface area (Å²) in [5.74, 6) is 0.405. The first-order chi connectivity index (χ1) is 12.6. The number of thiazole rings is 1. The number of para-hydroxylation sites is 1. The van der Waals surface area contributed by atoms with Crippen LogP contribution in [0.4, 0.5) is 10.8 Å². The molecule has 1 heterocycles. The molecular formula is C20H18N2O3S. The van der Waals surface area contributed by atoms with Crippen molar-refractivity contribution in [2.75, 3.05) is 4.90 Å². The van der Waals surface area contributed by atoms with E-state index >= 15 is 0 Å². The lowest BCUT2D eigenvalue weighted by Gasteiger charge is -2.18. The van der Waals surface area contributed by atoms with E-state index in [9.17, 15) is 9.59 Å². The maximum absolute atomic E-state index is 12.2. The number of benzene rings is 2. The Kier molecular flexibility index (Phi) is 5.43. The second-order valence-electron chi connectivity index (χ2n) is 5.76. The van der Waals surface area contributed by atoms with Crippen molar-refractivity contribution in [2.45, 2.75) is 20.5 Å². The SMILES string of the molecule is CC(=O)N(c1cccc(C)c1)c1nc(COc2ccccc2C=O)cs1. The molecule has 132 valence electrons. The van der Waals surface area contributed by atoms with Crippen LogP contribution in [0.1, 0.15) is 28.5 Å². The highest BCUT2D eigenvalue weighted by Gasteiger charge is 2.18. The topological polar surface area (TPSA) is 59.5 Å². The van der Waals surface area contributed by atoms with E-state index in [1.54, 1.807) is 23.1 Å².